The molecule has 0 spiro atoms. The van der Waals surface area contributed by atoms with E-state index in [-0.39, 0.29) is 28.9 Å². The summed E-state index contributed by atoms with van der Waals surface area (Å²) in [5.41, 5.74) is 3.15. The second kappa shape index (κ2) is 12.3. The molecule has 168 valence electrons. The summed E-state index contributed by atoms with van der Waals surface area (Å²) in [6.45, 7) is 8.96. The Bertz CT molecular complexity index is 923. The van der Waals surface area contributed by atoms with Crippen molar-refractivity contribution in [2.45, 2.75) is 45.2 Å². The molecule has 2 rings (SSSR count). The van der Waals surface area contributed by atoms with E-state index in [2.05, 4.69) is 33.7 Å². The first-order chi connectivity index (χ1) is 13.7. The second-order valence-electron chi connectivity index (χ2n) is 7.06. The predicted molar refractivity (Wildman–Crippen MR) is 132 cm³/mol. The molecule has 0 aliphatic rings. The highest BCUT2D eigenvalue weighted by Gasteiger charge is 2.16. The number of nitrogens with one attached hydrogen (secondary N) is 2. The van der Waals surface area contributed by atoms with Crippen LogP contribution in [0.25, 0.3) is 0 Å². The van der Waals surface area contributed by atoms with Crippen LogP contribution in [0.4, 0.5) is 0 Å². The zero-order valence-electron chi connectivity index (χ0n) is 18.3. The lowest BCUT2D eigenvalue weighted by atomic mass is 10.2. The second-order valence-corrected chi connectivity index (χ2v) is 9.21. The van der Waals surface area contributed by atoms with Crippen LogP contribution in [-0.4, -0.2) is 55.6 Å². The van der Waals surface area contributed by atoms with Gasteiger partial charge in [0.2, 0.25) is 10.0 Å². The molecule has 2 aromatic rings. The van der Waals surface area contributed by atoms with E-state index < -0.39 is 10.0 Å². The van der Waals surface area contributed by atoms with Crippen LogP contribution in [-0.2, 0) is 23.1 Å². The summed E-state index contributed by atoms with van der Waals surface area (Å²) in [5.74, 6) is 0.742. The molecule has 0 saturated heterocycles. The summed E-state index contributed by atoms with van der Waals surface area (Å²) in [4.78, 5) is 4.87. The summed E-state index contributed by atoms with van der Waals surface area (Å²) >= 11 is 0. The molecule has 0 aliphatic carbocycles. The Morgan fingerprint density at radius 1 is 1.17 bits per heavy atom. The van der Waals surface area contributed by atoms with Crippen molar-refractivity contribution in [3.63, 3.8) is 0 Å². The Kier molecular flexibility index (Phi) is 10.8. The van der Waals surface area contributed by atoms with Crippen molar-refractivity contribution >= 4 is 40.0 Å². The third-order valence-electron chi connectivity index (χ3n) is 4.41. The number of aliphatic imine (C=N–C) groups is 1. The lowest BCUT2D eigenvalue weighted by Gasteiger charge is -2.12. The largest absolute Gasteiger partial charge is 0.357 e. The fourth-order valence-corrected chi connectivity index (χ4v) is 3.73. The number of nitrogens with zero attached hydrogens (tertiary/aromatic N) is 4. The highest BCUT2D eigenvalue weighted by Crippen LogP contribution is 2.14. The van der Waals surface area contributed by atoms with E-state index in [4.69, 9.17) is 0 Å². The number of aryl methyl sites for hydroxylation is 3. The van der Waals surface area contributed by atoms with Crippen LogP contribution >= 0.6 is 24.0 Å². The van der Waals surface area contributed by atoms with Crippen LogP contribution in [0.1, 0.15) is 30.3 Å². The Morgan fingerprint density at radius 2 is 1.83 bits per heavy atom. The van der Waals surface area contributed by atoms with Crippen LogP contribution in [0, 0.1) is 13.8 Å². The van der Waals surface area contributed by atoms with Gasteiger partial charge in [-0.05, 0) is 51.0 Å². The number of halogens is 1. The lowest BCUT2D eigenvalue weighted by Crippen LogP contribution is -2.38. The third kappa shape index (κ3) is 7.55. The quantitative estimate of drug-likeness (QED) is 0.218. The van der Waals surface area contributed by atoms with Crippen LogP contribution in [0.2, 0.25) is 0 Å². The maximum atomic E-state index is 12.1. The molecule has 10 heteroatoms. The van der Waals surface area contributed by atoms with Gasteiger partial charge in [0.05, 0.1) is 17.1 Å². The Morgan fingerprint density at radius 3 is 2.37 bits per heavy atom. The van der Waals surface area contributed by atoms with Gasteiger partial charge in [-0.2, -0.15) is 5.10 Å². The average Bonchev–Trinajstić information content (AvgIpc) is 3.00. The summed E-state index contributed by atoms with van der Waals surface area (Å²) < 4.78 is 27.5. The van der Waals surface area contributed by atoms with Gasteiger partial charge in [-0.3, -0.25) is 4.68 Å². The molecule has 0 bridgehead atoms. The molecule has 0 atom stereocenters. The highest BCUT2D eigenvalue weighted by molar-refractivity contribution is 14.0. The summed E-state index contributed by atoms with van der Waals surface area (Å²) in [5, 5.41) is 11.0. The van der Waals surface area contributed by atoms with Crippen molar-refractivity contribution in [3.8, 4) is 0 Å². The van der Waals surface area contributed by atoms with Crippen molar-refractivity contribution in [1.82, 2.24) is 24.7 Å². The first-order valence-electron chi connectivity index (χ1n) is 9.78. The van der Waals surface area contributed by atoms with Crippen molar-refractivity contribution in [2.75, 3.05) is 27.2 Å². The van der Waals surface area contributed by atoms with Gasteiger partial charge in [-0.15, -0.1) is 24.0 Å². The fraction of sp³-hybridized carbons (Fsp3) is 0.500. The van der Waals surface area contributed by atoms with Gasteiger partial charge in [0.25, 0.3) is 0 Å². The van der Waals surface area contributed by atoms with Gasteiger partial charge in [-0.25, -0.2) is 17.7 Å². The van der Waals surface area contributed by atoms with Crippen molar-refractivity contribution < 1.29 is 8.42 Å². The Balaban J connectivity index is 0.00000450. The smallest absolute Gasteiger partial charge is 0.242 e. The molecule has 30 heavy (non-hydrogen) atoms. The number of benzene rings is 1. The standard InChI is InChI=1S/C20H32N6O2S.HI/c1-6-21-20(22-12-7-13-26-17(3)14-16(2)24-26)23-15-18-8-10-19(11-9-18)29(27,28)25(4)5;/h8-11,14H,6-7,12-13,15H2,1-5H3,(H2,21,22,23);1H. The minimum atomic E-state index is -3.41. The van der Waals surface area contributed by atoms with Gasteiger partial charge in [0.15, 0.2) is 5.96 Å². The number of hydrogen-bond donors (Lipinski definition) is 2. The zero-order valence-corrected chi connectivity index (χ0v) is 21.5. The number of rotatable bonds is 9. The van der Waals surface area contributed by atoms with Crippen LogP contribution < -0.4 is 10.6 Å². The van der Waals surface area contributed by atoms with Gasteiger partial charge in [0.1, 0.15) is 0 Å². The van der Waals surface area contributed by atoms with Gasteiger partial charge >= 0.3 is 0 Å². The molecule has 2 N–H and O–H groups in total. The van der Waals surface area contributed by atoms with Gasteiger partial charge < -0.3 is 10.6 Å². The minimum absolute atomic E-state index is 0. The van der Waals surface area contributed by atoms with Crippen LogP contribution in [0.5, 0.6) is 0 Å². The average molecular weight is 548 g/mol. The molecule has 1 aromatic carbocycles. The molecule has 0 fully saturated rings. The Hall–Kier alpha value is -1.66. The van der Waals surface area contributed by atoms with Crippen molar-refractivity contribution in [1.29, 1.82) is 0 Å². The molecule has 0 saturated carbocycles. The first-order valence-corrected chi connectivity index (χ1v) is 11.2. The molecule has 8 nitrogen and oxygen atoms in total. The molecule has 0 radical (unpaired) electrons. The van der Waals surface area contributed by atoms with Crippen molar-refractivity contribution in [2.24, 2.45) is 4.99 Å². The summed E-state index contributed by atoms with van der Waals surface area (Å²) in [7, 11) is -0.358. The first kappa shape index (κ1) is 26.4. The van der Waals surface area contributed by atoms with E-state index in [1.807, 2.05) is 18.5 Å². The topological polar surface area (TPSA) is 91.6 Å². The van der Waals surface area contributed by atoms with E-state index in [0.29, 0.717) is 6.54 Å². The number of sulfonamides is 1. The lowest BCUT2D eigenvalue weighted by molar-refractivity contribution is 0.520. The zero-order chi connectivity index (χ0) is 21.4. The Labute approximate surface area is 197 Å². The molecule has 0 aliphatic heterocycles. The summed E-state index contributed by atoms with van der Waals surface area (Å²) in [6.07, 6.45) is 0.934. The maximum absolute atomic E-state index is 12.1. The van der Waals surface area contributed by atoms with Gasteiger partial charge in [-0.1, -0.05) is 12.1 Å². The normalized spacial score (nSPS) is 12.0. The number of aromatic nitrogens is 2. The molecule has 1 heterocycles. The molecule has 1 aromatic heterocycles. The van der Waals surface area contributed by atoms with E-state index in [9.17, 15) is 8.42 Å². The molecule has 0 unspecified atom stereocenters. The van der Waals surface area contributed by atoms with E-state index in [1.165, 1.54) is 24.1 Å². The number of hydrogen-bond acceptors (Lipinski definition) is 4. The number of guanidine groups is 1. The van der Waals surface area contributed by atoms with Crippen LogP contribution in [0.15, 0.2) is 40.2 Å². The third-order valence-corrected chi connectivity index (χ3v) is 6.24. The van der Waals surface area contributed by atoms with E-state index in [1.54, 1.807) is 24.3 Å². The van der Waals surface area contributed by atoms with E-state index in [0.717, 1.165) is 43.3 Å². The monoisotopic (exact) mass is 548 g/mol. The predicted octanol–water partition coefficient (Wildman–Crippen LogP) is 2.51. The minimum Gasteiger partial charge on any atom is -0.357 e. The van der Waals surface area contributed by atoms with Crippen molar-refractivity contribution in [3.05, 3.63) is 47.3 Å². The molecular weight excluding hydrogens is 515 g/mol. The van der Waals surface area contributed by atoms with Crippen LogP contribution in [0.3, 0.4) is 0 Å². The SMILES string of the molecule is CCNC(=NCc1ccc(S(=O)(=O)N(C)C)cc1)NCCCn1nc(C)cc1C.I. The molecule has 0 amide bonds. The summed E-state index contributed by atoms with van der Waals surface area (Å²) in [6, 6.07) is 8.91. The maximum Gasteiger partial charge on any atom is 0.242 e. The fourth-order valence-electron chi connectivity index (χ4n) is 2.83. The highest BCUT2D eigenvalue weighted by atomic mass is 127. The molecular formula is C20H33IN6O2S. The van der Waals surface area contributed by atoms with Gasteiger partial charge in [0, 0.05) is 39.4 Å². The van der Waals surface area contributed by atoms with E-state index >= 15 is 0 Å².